The minimum atomic E-state index is -3.34. The molecule has 0 amide bonds. The van der Waals surface area contributed by atoms with Gasteiger partial charge in [0.1, 0.15) is 0 Å². The van der Waals surface area contributed by atoms with E-state index in [0.717, 1.165) is 38.1 Å². The Morgan fingerprint density at radius 3 is 2.33 bits per heavy atom. The summed E-state index contributed by atoms with van der Waals surface area (Å²) in [5.74, 6) is 1.50. The molecule has 0 saturated heterocycles. The van der Waals surface area contributed by atoms with Gasteiger partial charge in [-0.1, -0.05) is 75.7 Å². The Bertz CT molecular complexity index is 1120. The van der Waals surface area contributed by atoms with Crippen LogP contribution in [0.25, 0.3) is 11.1 Å². The first-order valence-electron chi connectivity index (χ1n) is 12.0. The minimum Gasteiger partial charge on any atom is -0.318 e. The lowest BCUT2D eigenvalue weighted by atomic mass is 9.75. The van der Waals surface area contributed by atoms with Crippen LogP contribution in [0, 0.1) is 28.2 Å². The van der Waals surface area contributed by atoms with Crippen molar-refractivity contribution >= 4 is 40.6 Å². The zero-order valence-corrected chi connectivity index (χ0v) is 23.1. The summed E-state index contributed by atoms with van der Waals surface area (Å²) in [6.07, 6.45) is 3.30. The molecular weight excluding hydrogens is 538 g/mol. The second-order valence-electron chi connectivity index (χ2n) is 9.81. The van der Waals surface area contributed by atoms with E-state index in [9.17, 15) is 0 Å². The molecule has 3 aromatic carbocycles. The molecule has 1 fully saturated rings. The highest BCUT2D eigenvalue weighted by Gasteiger charge is 2.40. The standard InChI is InChI=1S/C29H34IO2P/c1-20(2)24-18-17-21(3)19-27(24)32-33(31,23-12-6-5-7-13-23)28-16-9-8-14-25(28)29-22(4)11-10-15-26(29)30/h5-16,20-21,24,27H,17-19H2,1-4H3/t21-,24+,27-,33+/m1/s1. The molecule has 1 aliphatic rings. The highest BCUT2D eigenvalue weighted by Crippen LogP contribution is 2.52. The lowest BCUT2D eigenvalue weighted by molar-refractivity contribution is 0.0514. The SMILES string of the molecule is Cc1cccc(I)c1-c1ccccc1[P@@](=O)(O[C@@H]1C[C@H](C)CC[C@H]1C(C)C)c1ccccc1. The zero-order valence-electron chi connectivity index (χ0n) is 20.0. The molecule has 0 N–H and O–H groups in total. The summed E-state index contributed by atoms with van der Waals surface area (Å²) < 4.78 is 23.2. The van der Waals surface area contributed by atoms with E-state index in [4.69, 9.17) is 4.52 Å². The number of rotatable bonds is 6. The molecule has 4 atom stereocenters. The van der Waals surface area contributed by atoms with Crippen LogP contribution in [0.3, 0.4) is 0 Å². The zero-order chi connectivity index (χ0) is 23.6. The maximum absolute atomic E-state index is 15.2. The average molecular weight is 572 g/mol. The van der Waals surface area contributed by atoms with Gasteiger partial charge < -0.3 is 4.52 Å². The number of benzene rings is 3. The van der Waals surface area contributed by atoms with Crippen LogP contribution in [-0.4, -0.2) is 6.10 Å². The number of aryl methyl sites for hydroxylation is 1. The Hall–Kier alpha value is -1.42. The van der Waals surface area contributed by atoms with Crippen LogP contribution in [0.15, 0.2) is 72.8 Å². The summed E-state index contributed by atoms with van der Waals surface area (Å²) in [5, 5.41) is 1.59. The van der Waals surface area contributed by atoms with Crippen molar-refractivity contribution in [3.05, 3.63) is 81.9 Å². The van der Waals surface area contributed by atoms with Crippen LogP contribution in [-0.2, 0) is 9.09 Å². The molecule has 1 aliphatic carbocycles. The Balaban J connectivity index is 1.89. The van der Waals surface area contributed by atoms with E-state index >= 15 is 4.57 Å². The fourth-order valence-electron chi connectivity index (χ4n) is 5.22. The fraction of sp³-hybridized carbons (Fsp3) is 0.379. The predicted octanol–water partition coefficient (Wildman–Crippen LogP) is 7.97. The molecule has 0 heterocycles. The van der Waals surface area contributed by atoms with Crippen molar-refractivity contribution in [3.63, 3.8) is 0 Å². The van der Waals surface area contributed by atoms with Crippen molar-refractivity contribution in [2.24, 2.45) is 17.8 Å². The third-order valence-electron chi connectivity index (χ3n) is 7.05. The number of hydrogen-bond donors (Lipinski definition) is 0. The predicted molar refractivity (Wildman–Crippen MR) is 149 cm³/mol. The molecule has 3 aromatic rings. The van der Waals surface area contributed by atoms with E-state index in [1.165, 1.54) is 12.0 Å². The third kappa shape index (κ3) is 5.16. The van der Waals surface area contributed by atoms with Crippen molar-refractivity contribution in [1.29, 1.82) is 0 Å². The smallest absolute Gasteiger partial charge is 0.262 e. The largest absolute Gasteiger partial charge is 0.318 e. The van der Waals surface area contributed by atoms with Gasteiger partial charge in [0.25, 0.3) is 7.37 Å². The molecule has 4 rings (SSSR count). The molecule has 1 saturated carbocycles. The van der Waals surface area contributed by atoms with Crippen molar-refractivity contribution in [1.82, 2.24) is 0 Å². The summed E-state index contributed by atoms with van der Waals surface area (Å²) in [6.45, 7) is 8.96. The number of halogens is 1. The van der Waals surface area contributed by atoms with Crippen LogP contribution in [0.1, 0.15) is 45.6 Å². The summed E-state index contributed by atoms with van der Waals surface area (Å²) in [7, 11) is -3.34. The van der Waals surface area contributed by atoms with E-state index in [1.54, 1.807) is 0 Å². The first kappa shape index (κ1) is 24.7. The van der Waals surface area contributed by atoms with E-state index in [0.29, 0.717) is 17.8 Å². The highest BCUT2D eigenvalue weighted by molar-refractivity contribution is 14.1. The highest BCUT2D eigenvalue weighted by atomic mass is 127. The molecule has 33 heavy (non-hydrogen) atoms. The maximum Gasteiger partial charge on any atom is 0.262 e. The maximum atomic E-state index is 15.2. The van der Waals surface area contributed by atoms with Gasteiger partial charge in [-0.15, -0.1) is 0 Å². The topological polar surface area (TPSA) is 26.3 Å². The van der Waals surface area contributed by atoms with Gasteiger partial charge in [0, 0.05) is 14.2 Å². The quantitative estimate of drug-likeness (QED) is 0.221. The van der Waals surface area contributed by atoms with E-state index in [1.807, 2.05) is 48.5 Å². The van der Waals surface area contributed by atoms with Gasteiger partial charge >= 0.3 is 0 Å². The van der Waals surface area contributed by atoms with Crippen LogP contribution in [0.2, 0.25) is 0 Å². The average Bonchev–Trinajstić information content (AvgIpc) is 2.79. The molecule has 0 bridgehead atoms. The van der Waals surface area contributed by atoms with E-state index in [-0.39, 0.29) is 6.10 Å². The first-order valence-corrected chi connectivity index (χ1v) is 14.7. The normalized spacial score (nSPS) is 22.8. The van der Waals surface area contributed by atoms with Gasteiger partial charge in [-0.2, -0.15) is 0 Å². The van der Waals surface area contributed by atoms with Gasteiger partial charge in [-0.05, 0) is 101 Å². The summed E-state index contributed by atoms with van der Waals surface area (Å²) in [6, 6.07) is 24.3. The number of hydrogen-bond acceptors (Lipinski definition) is 2. The van der Waals surface area contributed by atoms with Crippen molar-refractivity contribution in [3.8, 4) is 11.1 Å². The van der Waals surface area contributed by atoms with Crippen LogP contribution >= 0.6 is 30.0 Å². The van der Waals surface area contributed by atoms with Crippen molar-refractivity contribution < 1.29 is 9.09 Å². The summed E-state index contributed by atoms with van der Waals surface area (Å²) in [4.78, 5) is 0. The van der Waals surface area contributed by atoms with Crippen LogP contribution in [0.4, 0.5) is 0 Å². The molecular formula is C29H34IO2P. The lowest BCUT2D eigenvalue weighted by Crippen LogP contribution is -2.36. The van der Waals surface area contributed by atoms with Gasteiger partial charge in [0.05, 0.1) is 6.10 Å². The third-order valence-corrected chi connectivity index (χ3v) is 10.5. The minimum absolute atomic E-state index is 0.0104. The molecule has 4 heteroatoms. The van der Waals surface area contributed by atoms with Crippen LogP contribution in [0.5, 0.6) is 0 Å². The van der Waals surface area contributed by atoms with Crippen molar-refractivity contribution in [2.75, 3.05) is 0 Å². The van der Waals surface area contributed by atoms with Crippen LogP contribution < -0.4 is 10.6 Å². The lowest BCUT2D eigenvalue weighted by Gasteiger charge is -2.39. The van der Waals surface area contributed by atoms with Gasteiger partial charge in [-0.3, -0.25) is 4.57 Å². The van der Waals surface area contributed by atoms with Gasteiger partial charge in [0.15, 0.2) is 0 Å². The van der Waals surface area contributed by atoms with Gasteiger partial charge in [0.2, 0.25) is 0 Å². The van der Waals surface area contributed by atoms with Crippen molar-refractivity contribution in [2.45, 2.75) is 53.1 Å². The second kappa shape index (κ2) is 10.5. The molecule has 0 aromatic heterocycles. The van der Waals surface area contributed by atoms with Gasteiger partial charge in [-0.25, -0.2) is 0 Å². The summed E-state index contributed by atoms with van der Waals surface area (Å²) >= 11 is 2.39. The fourth-order valence-corrected chi connectivity index (χ4v) is 8.63. The molecule has 0 spiro atoms. The molecule has 0 radical (unpaired) electrons. The Morgan fingerprint density at radius 2 is 1.64 bits per heavy atom. The van der Waals surface area contributed by atoms with E-state index in [2.05, 4.69) is 74.6 Å². The molecule has 0 aliphatic heterocycles. The molecule has 174 valence electrons. The Kier molecular flexibility index (Phi) is 7.83. The summed E-state index contributed by atoms with van der Waals surface area (Å²) in [5.41, 5.74) is 3.34. The Labute approximate surface area is 212 Å². The molecule has 2 nitrogen and oxygen atoms in total. The first-order chi connectivity index (χ1) is 15.8. The second-order valence-corrected chi connectivity index (χ2v) is 13.3. The van der Waals surface area contributed by atoms with E-state index < -0.39 is 7.37 Å². The Morgan fingerprint density at radius 1 is 0.939 bits per heavy atom. The molecule has 0 unspecified atom stereocenters. The monoisotopic (exact) mass is 572 g/mol.